The molecule has 0 aliphatic carbocycles. The predicted molar refractivity (Wildman–Crippen MR) is 81.3 cm³/mol. The molecular formula is C17H21N3. The third kappa shape index (κ3) is 3.71. The third-order valence-electron chi connectivity index (χ3n) is 3.05. The Labute approximate surface area is 121 Å². The number of aromatic nitrogens is 3. The molecule has 0 saturated carbocycles. The van der Waals surface area contributed by atoms with Crippen LogP contribution in [0.15, 0.2) is 30.3 Å². The number of hydrogen-bond acceptors (Lipinski definition) is 2. The van der Waals surface area contributed by atoms with Gasteiger partial charge >= 0.3 is 0 Å². The minimum Gasteiger partial charge on any atom is -0.232 e. The van der Waals surface area contributed by atoms with Crippen LogP contribution in [-0.4, -0.2) is 15.0 Å². The average Bonchev–Trinajstić information content (AvgIpc) is 2.83. The summed E-state index contributed by atoms with van der Waals surface area (Å²) in [4.78, 5) is 0. The lowest BCUT2D eigenvalue weighted by atomic mass is 10.2. The fourth-order valence-corrected chi connectivity index (χ4v) is 2.03. The van der Waals surface area contributed by atoms with Gasteiger partial charge < -0.3 is 0 Å². The van der Waals surface area contributed by atoms with Gasteiger partial charge in [0.1, 0.15) is 5.69 Å². The number of hydrogen-bond donors (Lipinski definition) is 0. The Bertz CT molecular complexity index is 588. The molecule has 0 unspecified atom stereocenters. The van der Waals surface area contributed by atoms with Gasteiger partial charge in [-0.3, -0.25) is 0 Å². The van der Waals surface area contributed by atoms with Crippen LogP contribution in [0.5, 0.6) is 0 Å². The van der Waals surface area contributed by atoms with Crippen LogP contribution in [0.2, 0.25) is 0 Å². The summed E-state index contributed by atoms with van der Waals surface area (Å²) in [6.45, 7) is 5.02. The van der Waals surface area contributed by atoms with Gasteiger partial charge in [0, 0.05) is 6.42 Å². The van der Waals surface area contributed by atoms with Gasteiger partial charge in [0.05, 0.1) is 12.2 Å². The molecule has 0 radical (unpaired) electrons. The molecule has 0 bridgehead atoms. The molecule has 0 atom stereocenters. The van der Waals surface area contributed by atoms with Crippen LogP contribution >= 0.6 is 0 Å². The summed E-state index contributed by atoms with van der Waals surface area (Å²) in [6, 6.07) is 10.3. The molecule has 0 fully saturated rings. The van der Waals surface area contributed by atoms with E-state index >= 15 is 0 Å². The molecule has 0 aliphatic heterocycles. The molecule has 0 aliphatic rings. The van der Waals surface area contributed by atoms with E-state index in [1.54, 1.807) is 0 Å². The molecular weight excluding hydrogens is 246 g/mol. The summed E-state index contributed by atoms with van der Waals surface area (Å²) in [6.07, 6.45) is 4.00. The molecule has 1 aromatic carbocycles. The van der Waals surface area contributed by atoms with Crippen molar-refractivity contribution in [2.24, 2.45) is 0 Å². The molecule has 2 rings (SSSR count). The Morgan fingerprint density at radius 3 is 2.60 bits per heavy atom. The molecule has 0 spiro atoms. The van der Waals surface area contributed by atoms with Crippen molar-refractivity contribution in [3.8, 4) is 11.8 Å². The van der Waals surface area contributed by atoms with Gasteiger partial charge in [-0.1, -0.05) is 61.7 Å². The van der Waals surface area contributed by atoms with E-state index in [1.807, 2.05) is 22.9 Å². The second kappa shape index (κ2) is 7.49. The topological polar surface area (TPSA) is 30.7 Å². The highest BCUT2D eigenvalue weighted by Gasteiger charge is 2.10. The van der Waals surface area contributed by atoms with E-state index < -0.39 is 0 Å². The second-order valence-corrected chi connectivity index (χ2v) is 4.83. The molecule has 0 saturated heterocycles. The summed E-state index contributed by atoms with van der Waals surface area (Å²) in [5.74, 6) is 6.47. The summed E-state index contributed by atoms with van der Waals surface area (Å²) in [5, 5.41) is 8.56. The highest BCUT2D eigenvalue weighted by molar-refractivity contribution is 5.32. The zero-order valence-electron chi connectivity index (χ0n) is 12.3. The van der Waals surface area contributed by atoms with Crippen molar-refractivity contribution >= 4 is 0 Å². The fraction of sp³-hybridized carbons (Fsp3) is 0.412. The molecule has 1 aromatic heterocycles. The maximum absolute atomic E-state index is 4.29. The van der Waals surface area contributed by atoms with Gasteiger partial charge in [0.15, 0.2) is 0 Å². The van der Waals surface area contributed by atoms with Crippen LogP contribution in [0.25, 0.3) is 0 Å². The molecule has 0 amide bonds. The Morgan fingerprint density at radius 2 is 1.90 bits per heavy atom. The zero-order valence-corrected chi connectivity index (χ0v) is 12.3. The third-order valence-corrected chi connectivity index (χ3v) is 3.05. The van der Waals surface area contributed by atoms with E-state index in [4.69, 9.17) is 0 Å². The van der Waals surface area contributed by atoms with Crippen LogP contribution in [0, 0.1) is 11.8 Å². The van der Waals surface area contributed by atoms with Gasteiger partial charge in [-0.15, -0.1) is 5.10 Å². The summed E-state index contributed by atoms with van der Waals surface area (Å²) in [5.41, 5.74) is 3.22. The number of rotatable bonds is 5. The van der Waals surface area contributed by atoms with Gasteiger partial charge in [-0.25, -0.2) is 4.68 Å². The first-order valence-electron chi connectivity index (χ1n) is 7.30. The quantitative estimate of drug-likeness (QED) is 0.777. The zero-order chi connectivity index (χ0) is 14.2. The summed E-state index contributed by atoms with van der Waals surface area (Å²) in [7, 11) is 0. The molecule has 20 heavy (non-hydrogen) atoms. The number of nitrogens with zero attached hydrogens (tertiary/aromatic N) is 3. The van der Waals surface area contributed by atoms with Crippen LogP contribution in [0.3, 0.4) is 0 Å². The number of benzene rings is 1. The SMILES string of the molecule is CCCC#Cc1c(CCC)nnn1Cc1ccccc1. The molecule has 2 aromatic rings. The van der Waals surface area contributed by atoms with Crippen molar-refractivity contribution in [3.05, 3.63) is 47.3 Å². The average molecular weight is 267 g/mol. The first-order chi connectivity index (χ1) is 9.85. The highest BCUT2D eigenvalue weighted by Crippen LogP contribution is 2.10. The Morgan fingerprint density at radius 1 is 1.10 bits per heavy atom. The summed E-state index contributed by atoms with van der Waals surface area (Å²) >= 11 is 0. The molecule has 3 heteroatoms. The minimum absolute atomic E-state index is 0.730. The van der Waals surface area contributed by atoms with E-state index in [0.717, 1.165) is 43.6 Å². The lowest BCUT2D eigenvalue weighted by Crippen LogP contribution is -2.05. The summed E-state index contributed by atoms with van der Waals surface area (Å²) < 4.78 is 1.92. The number of unbranched alkanes of at least 4 members (excludes halogenated alkanes) is 1. The lowest BCUT2D eigenvalue weighted by Gasteiger charge is -2.03. The van der Waals surface area contributed by atoms with Gasteiger partial charge in [-0.2, -0.15) is 0 Å². The van der Waals surface area contributed by atoms with Gasteiger partial charge in [-0.05, 0) is 24.3 Å². The fourth-order valence-electron chi connectivity index (χ4n) is 2.03. The minimum atomic E-state index is 0.730. The molecule has 1 heterocycles. The van der Waals surface area contributed by atoms with Crippen molar-refractivity contribution in [1.82, 2.24) is 15.0 Å². The van der Waals surface area contributed by atoms with Crippen molar-refractivity contribution in [2.45, 2.75) is 46.1 Å². The van der Waals surface area contributed by atoms with E-state index in [0.29, 0.717) is 0 Å². The van der Waals surface area contributed by atoms with E-state index in [-0.39, 0.29) is 0 Å². The van der Waals surface area contributed by atoms with Gasteiger partial charge in [0.2, 0.25) is 0 Å². The molecule has 3 nitrogen and oxygen atoms in total. The smallest absolute Gasteiger partial charge is 0.135 e. The van der Waals surface area contributed by atoms with Crippen molar-refractivity contribution in [2.75, 3.05) is 0 Å². The number of aryl methyl sites for hydroxylation is 1. The van der Waals surface area contributed by atoms with Crippen molar-refractivity contribution in [3.63, 3.8) is 0 Å². The normalized spacial score (nSPS) is 10.1. The molecule has 0 N–H and O–H groups in total. The Balaban J connectivity index is 2.26. The maximum Gasteiger partial charge on any atom is 0.135 e. The van der Waals surface area contributed by atoms with Gasteiger partial charge in [0.25, 0.3) is 0 Å². The van der Waals surface area contributed by atoms with E-state index in [2.05, 4.69) is 48.1 Å². The van der Waals surface area contributed by atoms with Crippen LogP contribution in [0.1, 0.15) is 50.1 Å². The lowest BCUT2D eigenvalue weighted by molar-refractivity contribution is 0.643. The largest absolute Gasteiger partial charge is 0.232 e. The van der Waals surface area contributed by atoms with E-state index in [1.165, 1.54) is 5.56 Å². The second-order valence-electron chi connectivity index (χ2n) is 4.83. The molecule has 104 valence electrons. The van der Waals surface area contributed by atoms with Crippen LogP contribution in [-0.2, 0) is 13.0 Å². The maximum atomic E-state index is 4.29. The van der Waals surface area contributed by atoms with Crippen molar-refractivity contribution in [1.29, 1.82) is 0 Å². The first-order valence-corrected chi connectivity index (χ1v) is 7.30. The van der Waals surface area contributed by atoms with Crippen molar-refractivity contribution < 1.29 is 0 Å². The Hall–Kier alpha value is -2.08. The first kappa shape index (κ1) is 14.3. The highest BCUT2D eigenvalue weighted by atomic mass is 15.4. The van der Waals surface area contributed by atoms with Crippen LogP contribution in [0.4, 0.5) is 0 Å². The Kier molecular flexibility index (Phi) is 5.37. The standard InChI is InChI=1S/C17H21N3/c1-3-5-7-13-17-16(10-4-2)18-19-20(17)14-15-11-8-6-9-12-15/h6,8-9,11-12H,3-5,10,14H2,1-2H3. The predicted octanol–water partition coefficient (Wildman–Crippen LogP) is 3.43. The van der Waals surface area contributed by atoms with Crippen LogP contribution < -0.4 is 0 Å². The van der Waals surface area contributed by atoms with E-state index in [9.17, 15) is 0 Å². The monoisotopic (exact) mass is 267 g/mol.